The molecule has 1 rings (SSSR count). The number of para-hydroxylation sites is 1. The quantitative estimate of drug-likeness (QED) is 0.591. The molecule has 0 amide bonds. The third-order valence-electron chi connectivity index (χ3n) is 1.84. The topological polar surface area (TPSA) is 35.5 Å². The van der Waals surface area contributed by atoms with Gasteiger partial charge < -0.3 is 9.47 Å². The highest BCUT2D eigenvalue weighted by molar-refractivity contribution is 5.86. The van der Waals surface area contributed by atoms with Gasteiger partial charge in [0.15, 0.2) is 0 Å². The number of carbonyl (C=O) groups excluding carboxylic acids is 1. The van der Waals surface area contributed by atoms with Crippen molar-refractivity contribution in [1.82, 2.24) is 0 Å². The highest BCUT2D eigenvalue weighted by atomic mass is 16.5. The monoisotopic (exact) mass is 250 g/mol. The standard InChI is InChI=1S/C8H10O.C7H12O2/c1-2-9-8-6-4-3-5-7-8;1-4-5-9-7(8)6(2)3/h3-7H,2H2,1H3;2,4-5H2,1,3H3. The molecule has 0 unspecified atom stereocenters. The summed E-state index contributed by atoms with van der Waals surface area (Å²) in [5, 5.41) is 0. The van der Waals surface area contributed by atoms with E-state index >= 15 is 0 Å². The second-order valence-corrected chi connectivity index (χ2v) is 3.66. The number of rotatable bonds is 5. The van der Waals surface area contributed by atoms with E-state index in [2.05, 4.69) is 6.58 Å². The molecule has 18 heavy (non-hydrogen) atoms. The summed E-state index contributed by atoms with van der Waals surface area (Å²) in [6, 6.07) is 9.80. The van der Waals surface area contributed by atoms with Crippen LogP contribution in [-0.2, 0) is 9.53 Å². The Morgan fingerprint density at radius 1 is 1.22 bits per heavy atom. The van der Waals surface area contributed by atoms with Gasteiger partial charge in [0.05, 0.1) is 13.2 Å². The van der Waals surface area contributed by atoms with Gasteiger partial charge in [0.1, 0.15) is 5.75 Å². The van der Waals surface area contributed by atoms with E-state index in [1.807, 2.05) is 44.2 Å². The summed E-state index contributed by atoms with van der Waals surface area (Å²) < 4.78 is 9.92. The average molecular weight is 250 g/mol. The first-order valence-corrected chi connectivity index (χ1v) is 6.12. The molecule has 3 nitrogen and oxygen atoms in total. The molecule has 0 atom stereocenters. The first kappa shape index (κ1) is 16.2. The Morgan fingerprint density at radius 2 is 1.83 bits per heavy atom. The summed E-state index contributed by atoms with van der Waals surface area (Å²) in [6.45, 7) is 10.2. The van der Waals surface area contributed by atoms with Crippen LogP contribution in [0.5, 0.6) is 5.75 Å². The minimum atomic E-state index is -0.295. The summed E-state index contributed by atoms with van der Waals surface area (Å²) in [6.07, 6.45) is 0.860. The van der Waals surface area contributed by atoms with Gasteiger partial charge in [0, 0.05) is 5.57 Å². The van der Waals surface area contributed by atoms with Crippen LogP contribution < -0.4 is 4.74 Å². The van der Waals surface area contributed by atoms with Crippen LogP contribution in [0.1, 0.15) is 27.2 Å². The van der Waals surface area contributed by atoms with Crippen LogP contribution in [0.15, 0.2) is 42.5 Å². The van der Waals surface area contributed by atoms with E-state index in [1.165, 1.54) is 0 Å². The molecule has 100 valence electrons. The number of esters is 1. The zero-order valence-corrected chi connectivity index (χ0v) is 11.4. The first-order chi connectivity index (χ1) is 8.61. The van der Waals surface area contributed by atoms with Crippen LogP contribution in [0.3, 0.4) is 0 Å². The van der Waals surface area contributed by atoms with Gasteiger partial charge in [-0.25, -0.2) is 4.79 Å². The molecule has 0 aliphatic heterocycles. The van der Waals surface area contributed by atoms with Gasteiger partial charge in [-0.1, -0.05) is 31.7 Å². The fraction of sp³-hybridized carbons (Fsp3) is 0.400. The molecule has 0 saturated carbocycles. The molecule has 3 heteroatoms. The van der Waals surface area contributed by atoms with Gasteiger partial charge in [-0.05, 0) is 32.4 Å². The SMILES string of the molecule is C=C(C)C(=O)OCCC.CCOc1ccccc1. The Labute approximate surface area is 109 Å². The summed E-state index contributed by atoms with van der Waals surface area (Å²) in [4.78, 5) is 10.6. The van der Waals surface area contributed by atoms with E-state index < -0.39 is 0 Å². The predicted octanol–water partition coefficient (Wildman–Crippen LogP) is 3.60. The molecule has 0 spiro atoms. The van der Waals surface area contributed by atoms with Gasteiger partial charge in [0.25, 0.3) is 0 Å². The van der Waals surface area contributed by atoms with Crippen molar-refractivity contribution in [3.05, 3.63) is 42.5 Å². The van der Waals surface area contributed by atoms with Gasteiger partial charge in [-0.2, -0.15) is 0 Å². The van der Waals surface area contributed by atoms with Crippen LogP contribution in [-0.4, -0.2) is 19.2 Å². The Balaban J connectivity index is 0.000000321. The number of hydrogen-bond donors (Lipinski definition) is 0. The lowest BCUT2D eigenvalue weighted by atomic mass is 10.3. The second kappa shape index (κ2) is 10.4. The molecule has 1 aromatic rings. The molecule has 1 aromatic carbocycles. The van der Waals surface area contributed by atoms with Crippen LogP contribution in [0.2, 0.25) is 0 Å². The fourth-order valence-electron chi connectivity index (χ4n) is 1.00. The Bertz CT molecular complexity index is 344. The Morgan fingerprint density at radius 3 is 2.28 bits per heavy atom. The van der Waals surface area contributed by atoms with Crippen molar-refractivity contribution in [2.45, 2.75) is 27.2 Å². The summed E-state index contributed by atoms with van der Waals surface area (Å²) in [5.74, 6) is 0.650. The second-order valence-electron chi connectivity index (χ2n) is 3.66. The van der Waals surface area contributed by atoms with Crippen LogP contribution in [0, 0.1) is 0 Å². The third-order valence-corrected chi connectivity index (χ3v) is 1.84. The molecule has 0 bridgehead atoms. The van der Waals surface area contributed by atoms with Gasteiger partial charge in [-0.15, -0.1) is 0 Å². The number of carbonyl (C=O) groups is 1. The third kappa shape index (κ3) is 8.39. The van der Waals surface area contributed by atoms with E-state index in [0.717, 1.165) is 18.8 Å². The molecule has 0 heterocycles. The van der Waals surface area contributed by atoms with Gasteiger partial charge in [-0.3, -0.25) is 0 Å². The summed E-state index contributed by atoms with van der Waals surface area (Å²) >= 11 is 0. The lowest BCUT2D eigenvalue weighted by molar-refractivity contribution is -0.138. The maximum atomic E-state index is 10.6. The normalized spacial score (nSPS) is 8.83. The van der Waals surface area contributed by atoms with Crippen LogP contribution in [0.4, 0.5) is 0 Å². The van der Waals surface area contributed by atoms with E-state index in [1.54, 1.807) is 6.92 Å². The summed E-state index contributed by atoms with van der Waals surface area (Å²) in [5.41, 5.74) is 0.462. The molecule has 0 aliphatic carbocycles. The average Bonchev–Trinajstić information content (AvgIpc) is 2.38. The molecule has 0 aliphatic rings. The lowest BCUT2D eigenvalue weighted by Gasteiger charge is -1.99. The zero-order chi connectivity index (χ0) is 13.8. The maximum absolute atomic E-state index is 10.6. The largest absolute Gasteiger partial charge is 0.494 e. The highest BCUT2D eigenvalue weighted by Crippen LogP contribution is 2.06. The van der Waals surface area contributed by atoms with Crippen LogP contribution >= 0.6 is 0 Å². The van der Waals surface area contributed by atoms with Crippen LogP contribution in [0.25, 0.3) is 0 Å². The van der Waals surface area contributed by atoms with Crippen molar-refractivity contribution >= 4 is 5.97 Å². The lowest BCUT2D eigenvalue weighted by Crippen LogP contribution is -2.04. The van der Waals surface area contributed by atoms with Gasteiger partial charge in [0.2, 0.25) is 0 Å². The summed E-state index contributed by atoms with van der Waals surface area (Å²) in [7, 11) is 0. The van der Waals surface area contributed by atoms with E-state index in [9.17, 15) is 4.79 Å². The molecule has 0 aromatic heterocycles. The molecule has 0 fully saturated rings. The minimum Gasteiger partial charge on any atom is -0.494 e. The number of ether oxygens (including phenoxy) is 2. The number of hydrogen-bond acceptors (Lipinski definition) is 3. The first-order valence-electron chi connectivity index (χ1n) is 6.12. The highest BCUT2D eigenvalue weighted by Gasteiger charge is 1.99. The van der Waals surface area contributed by atoms with Crippen molar-refractivity contribution in [3.63, 3.8) is 0 Å². The molecular formula is C15H22O3. The van der Waals surface area contributed by atoms with E-state index in [0.29, 0.717) is 12.2 Å². The molecule has 0 saturated heterocycles. The van der Waals surface area contributed by atoms with Crippen molar-refractivity contribution in [2.75, 3.05) is 13.2 Å². The van der Waals surface area contributed by atoms with E-state index in [4.69, 9.17) is 9.47 Å². The fourth-order valence-corrected chi connectivity index (χ4v) is 1.00. The molecule has 0 radical (unpaired) electrons. The van der Waals surface area contributed by atoms with Crippen molar-refractivity contribution in [1.29, 1.82) is 0 Å². The molecular weight excluding hydrogens is 228 g/mol. The van der Waals surface area contributed by atoms with Crippen molar-refractivity contribution < 1.29 is 14.3 Å². The predicted molar refractivity (Wildman–Crippen MR) is 73.7 cm³/mol. The Kier molecular flexibility index (Phi) is 9.37. The number of benzene rings is 1. The smallest absolute Gasteiger partial charge is 0.333 e. The van der Waals surface area contributed by atoms with Crippen molar-refractivity contribution in [3.8, 4) is 5.75 Å². The Hall–Kier alpha value is -1.77. The van der Waals surface area contributed by atoms with E-state index in [-0.39, 0.29) is 5.97 Å². The zero-order valence-electron chi connectivity index (χ0n) is 11.4. The molecule has 0 N–H and O–H groups in total. The minimum absolute atomic E-state index is 0.295. The van der Waals surface area contributed by atoms with Crippen molar-refractivity contribution in [2.24, 2.45) is 0 Å². The maximum Gasteiger partial charge on any atom is 0.333 e. The van der Waals surface area contributed by atoms with Gasteiger partial charge >= 0.3 is 5.97 Å².